The van der Waals surface area contributed by atoms with E-state index in [1.165, 1.54) is 11.6 Å². The van der Waals surface area contributed by atoms with Crippen molar-refractivity contribution < 1.29 is 4.79 Å². The Morgan fingerprint density at radius 3 is 3.00 bits per heavy atom. The summed E-state index contributed by atoms with van der Waals surface area (Å²) in [4.78, 5) is 17.0. The van der Waals surface area contributed by atoms with Gasteiger partial charge in [-0.2, -0.15) is 0 Å². The molecule has 1 amide bonds. The predicted octanol–water partition coefficient (Wildman–Crippen LogP) is 3.03. The molecule has 0 radical (unpaired) electrons. The molecule has 3 rings (SSSR count). The Bertz CT molecular complexity index is 783. The molecule has 2 heterocycles. The van der Waals surface area contributed by atoms with Crippen LogP contribution in [0.25, 0.3) is 11.0 Å². The van der Waals surface area contributed by atoms with Crippen LogP contribution in [0, 0.1) is 6.92 Å². The molecule has 0 fully saturated rings. The van der Waals surface area contributed by atoms with Crippen molar-refractivity contribution in [1.82, 2.24) is 14.7 Å². The van der Waals surface area contributed by atoms with E-state index in [4.69, 9.17) is 0 Å². The van der Waals surface area contributed by atoms with E-state index in [-0.39, 0.29) is 5.91 Å². The molecule has 0 aliphatic carbocycles. The molecule has 4 nitrogen and oxygen atoms in total. The standard InChI is InChI=1S/C16H15N3OS/c1-12-2-4-13(5-3-12)10-17-15(20)7-6-14-11-18-16-19(14)8-9-21-16/h2-9,11H,10H2,1H3,(H,17,20)/b7-6+. The average Bonchev–Trinajstić information content (AvgIpc) is 3.08. The molecular weight excluding hydrogens is 282 g/mol. The maximum Gasteiger partial charge on any atom is 0.244 e. The number of hydrogen-bond acceptors (Lipinski definition) is 3. The van der Waals surface area contributed by atoms with Crippen LogP contribution in [0.2, 0.25) is 0 Å². The Morgan fingerprint density at radius 2 is 2.19 bits per heavy atom. The van der Waals surface area contributed by atoms with E-state index in [1.807, 2.05) is 47.2 Å². The first-order valence-corrected chi connectivity index (χ1v) is 7.52. The molecule has 1 N–H and O–H groups in total. The lowest BCUT2D eigenvalue weighted by Crippen LogP contribution is -2.20. The summed E-state index contributed by atoms with van der Waals surface area (Å²) in [6, 6.07) is 8.12. The second kappa shape index (κ2) is 5.93. The molecule has 1 aromatic carbocycles. The van der Waals surface area contributed by atoms with Gasteiger partial charge < -0.3 is 5.32 Å². The zero-order chi connectivity index (χ0) is 14.7. The molecule has 106 valence electrons. The number of carbonyl (C=O) groups is 1. The van der Waals surface area contributed by atoms with Crippen molar-refractivity contribution in [2.24, 2.45) is 0 Å². The minimum absolute atomic E-state index is 0.110. The van der Waals surface area contributed by atoms with Crippen LogP contribution in [0.3, 0.4) is 0 Å². The van der Waals surface area contributed by atoms with Crippen LogP contribution in [-0.2, 0) is 11.3 Å². The van der Waals surface area contributed by atoms with Crippen LogP contribution in [0.5, 0.6) is 0 Å². The number of aromatic nitrogens is 2. The largest absolute Gasteiger partial charge is 0.348 e. The molecule has 0 spiro atoms. The van der Waals surface area contributed by atoms with E-state index >= 15 is 0 Å². The number of thiazole rings is 1. The third kappa shape index (κ3) is 3.20. The van der Waals surface area contributed by atoms with Crippen LogP contribution >= 0.6 is 11.3 Å². The minimum atomic E-state index is -0.110. The molecule has 3 aromatic rings. The Labute approximate surface area is 126 Å². The van der Waals surface area contributed by atoms with Gasteiger partial charge in [0.2, 0.25) is 5.91 Å². The lowest BCUT2D eigenvalue weighted by molar-refractivity contribution is -0.116. The number of rotatable bonds is 4. The third-order valence-corrected chi connectivity index (χ3v) is 3.94. The van der Waals surface area contributed by atoms with Gasteiger partial charge in [0.1, 0.15) is 0 Å². The minimum Gasteiger partial charge on any atom is -0.348 e. The van der Waals surface area contributed by atoms with Crippen LogP contribution < -0.4 is 5.32 Å². The highest BCUT2D eigenvalue weighted by molar-refractivity contribution is 7.15. The summed E-state index contributed by atoms with van der Waals surface area (Å²) in [6.07, 6.45) is 7.01. The molecule has 0 aliphatic heterocycles. The SMILES string of the molecule is Cc1ccc(CNC(=O)/C=C/c2cnc3sccn23)cc1. The van der Waals surface area contributed by atoms with Gasteiger partial charge in [-0.25, -0.2) is 4.98 Å². The number of fused-ring (bicyclic) bond motifs is 1. The molecule has 21 heavy (non-hydrogen) atoms. The zero-order valence-corrected chi connectivity index (χ0v) is 12.4. The highest BCUT2D eigenvalue weighted by Gasteiger charge is 2.01. The van der Waals surface area contributed by atoms with E-state index in [2.05, 4.69) is 10.3 Å². The fraction of sp³-hybridized carbons (Fsp3) is 0.125. The Morgan fingerprint density at radius 1 is 1.38 bits per heavy atom. The third-order valence-electron chi connectivity index (χ3n) is 3.17. The van der Waals surface area contributed by atoms with E-state index in [0.29, 0.717) is 6.54 Å². The van der Waals surface area contributed by atoms with Crippen LogP contribution in [0.1, 0.15) is 16.8 Å². The van der Waals surface area contributed by atoms with Gasteiger partial charge in [-0.15, -0.1) is 11.3 Å². The van der Waals surface area contributed by atoms with Crippen molar-refractivity contribution in [1.29, 1.82) is 0 Å². The molecule has 0 aliphatic rings. The number of imidazole rings is 1. The first kappa shape index (κ1) is 13.6. The summed E-state index contributed by atoms with van der Waals surface area (Å²) in [5.41, 5.74) is 3.20. The zero-order valence-electron chi connectivity index (χ0n) is 11.6. The quantitative estimate of drug-likeness (QED) is 0.752. The first-order chi connectivity index (χ1) is 10.2. The van der Waals surface area contributed by atoms with Gasteiger partial charge >= 0.3 is 0 Å². The second-order valence-electron chi connectivity index (χ2n) is 4.78. The number of nitrogens with zero attached hydrogens (tertiary/aromatic N) is 2. The summed E-state index contributed by atoms with van der Waals surface area (Å²) in [5.74, 6) is -0.110. The number of benzene rings is 1. The second-order valence-corrected chi connectivity index (χ2v) is 5.65. The molecule has 0 atom stereocenters. The average molecular weight is 297 g/mol. The molecule has 5 heteroatoms. The summed E-state index contributed by atoms with van der Waals surface area (Å²) < 4.78 is 1.95. The van der Waals surface area contributed by atoms with Crippen molar-refractivity contribution in [2.45, 2.75) is 13.5 Å². The summed E-state index contributed by atoms with van der Waals surface area (Å²) in [7, 11) is 0. The summed E-state index contributed by atoms with van der Waals surface area (Å²) >= 11 is 1.57. The van der Waals surface area contributed by atoms with Gasteiger partial charge in [-0.05, 0) is 18.6 Å². The lowest BCUT2D eigenvalue weighted by atomic mass is 10.1. The topological polar surface area (TPSA) is 46.4 Å². The molecule has 0 bridgehead atoms. The van der Waals surface area contributed by atoms with Gasteiger partial charge in [0.05, 0.1) is 11.9 Å². The number of nitrogens with one attached hydrogen (secondary N) is 1. The number of aryl methyl sites for hydroxylation is 1. The molecular formula is C16H15N3OS. The van der Waals surface area contributed by atoms with Crippen LogP contribution in [0.4, 0.5) is 0 Å². The van der Waals surface area contributed by atoms with Crippen LogP contribution in [-0.4, -0.2) is 15.3 Å². The van der Waals surface area contributed by atoms with Crippen molar-refractivity contribution in [3.63, 3.8) is 0 Å². The van der Waals surface area contributed by atoms with E-state index in [1.54, 1.807) is 23.6 Å². The summed E-state index contributed by atoms with van der Waals surface area (Å²) in [6.45, 7) is 2.57. The van der Waals surface area contributed by atoms with Crippen LogP contribution in [0.15, 0.2) is 48.1 Å². The molecule has 0 saturated carbocycles. The Balaban J connectivity index is 1.60. The van der Waals surface area contributed by atoms with E-state index < -0.39 is 0 Å². The van der Waals surface area contributed by atoms with Gasteiger partial charge in [-0.1, -0.05) is 29.8 Å². The van der Waals surface area contributed by atoms with E-state index in [9.17, 15) is 4.79 Å². The van der Waals surface area contributed by atoms with Crippen molar-refractivity contribution >= 4 is 28.3 Å². The van der Waals surface area contributed by atoms with E-state index in [0.717, 1.165) is 16.2 Å². The summed E-state index contributed by atoms with van der Waals surface area (Å²) in [5, 5.41) is 4.84. The highest BCUT2D eigenvalue weighted by Crippen LogP contribution is 2.13. The Hall–Kier alpha value is -2.40. The molecule has 2 aromatic heterocycles. The normalized spacial score (nSPS) is 11.3. The monoisotopic (exact) mass is 297 g/mol. The fourth-order valence-corrected chi connectivity index (χ4v) is 2.68. The first-order valence-electron chi connectivity index (χ1n) is 6.64. The Kier molecular flexibility index (Phi) is 3.83. The number of amides is 1. The van der Waals surface area contributed by atoms with Gasteiger partial charge in [0.25, 0.3) is 0 Å². The van der Waals surface area contributed by atoms with Gasteiger partial charge in [-0.3, -0.25) is 9.20 Å². The number of hydrogen-bond donors (Lipinski definition) is 1. The molecule has 0 unspecified atom stereocenters. The maximum absolute atomic E-state index is 11.8. The van der Waals surface area contributed by atoms with Crippen molar-refractivity contribution in [3.05, 3.63) is 64.9 Å². The van der Waals surface area contributed by atoms with Gasteiger partial charge in [0, 0.05) is 24.2 Å². The number of carbonyl (C=O) groups excluding carboxylic acids is 1. The highest BCUT2D eigenvalue weighted by atomic mass is 32.1. The molecule has 0 saturated heterocycles. The predicted molar refractivity (Wildman–Crippen MR) is 85.1 cm³/mol. The maximum atomic E-state index is 11.8. The fourth-order valence-electron chi connectivity index (χ4n) is 1.98. The van der Waals surface area contributed by atoms with Crippen molar-refractivity contribution in [2.75, 3.05) is 0 Å². The lowest BCUT2D eigenvalue weighted by Gasteiger charge is -2.02. The van der Waals surface area contributed by atoms with Crippen molar-refractivity contribution in [3.8, 4) is 0 Å². The smallest absolute Gasteiger partial charge is 0.244 e. The van der Waals surface area contributed by atoms with Gasteiger partial charge in [0.15, 0.2) is 4.96 Å².